The Morgan fingerprint density at radius 1 is 1.25 bits per heavy atom. The molecule has 1 atom stereocenters. The molecule has 8 heteroatoms. The lowest BCUT2D eigenvalue weighted by Crippen LogP contribution is -2.49. The number of furan rings is 1. The van der Waals surface area contributed by atoms with Crippen LogP contribution in [-0.4, -0.2) is 15.9 Å². The number of alkyl halides is 3. The fourth-order valence-electron chi connectivity index (χ4n) is 1.45. The molecule has 5 nitrogen and oxygen atoms in total. The summed E-state index contributed by atoms with van der Waals surface area (Å²) in [6, 6.07) is 8.44. The molecule has 0 aliphatic heterocycles. The molecule has 3 N–H and O–H groups in total. The highest BCUT2D eigenvalue weighted by Gasteiger charge is 2.38. The molecule has 0 spiro atoms. The van der Waals surface area contributed by atoms with Crippen LogP contribution in [0.5, 0.6) is 0 Å². The average Bonchev–Trinajstić information content (AvgIpc) is 2.92. The Labute approximate surface area is 130 Å². The minimum atomic E-state index is -1.74. The highest BCUT2D eigenvalue weighted by atomic mass is 35.6. The van der Waals surface area contributed by atoms with Crippen LogP contribution in [0.1, 0.15) is 10.6 Å². The van der Waals surface area contributed by atoms with Crippen molar-refractivity contribution in [3.8, 4) is 0 Å². The Morgan fingerprint density at radius 3 is 2.60 bits per heavy atom. The molecule has 1 amide bonds. The highest BCUT2D eigenvalue weighted by molar-refractivity contribution is 6.68. The van der Waals surface area contributed by atoms with Gasteiger partial charge in [-0.05, 0) is 18.2 Å². The van der Waals surface area contributed by atoms with Crippen molar-refractivity contribution in [1.82, 2.24) is 5.32 Å². The number of aromatic amines is 1. The maximum Gasteiger partial charge on any atom is 0.290 e. The second-order valence-electron chi connectivity index (χ2n) is 3.85. The van der Waals surface area contributed by atoms with Crippen LogP contribution in [0.3, 0.4) is 0 Å². The summed E-state index contributed by atoms with van der Waals surface area (Å²) in [5.41, 5.74) is 0. The third-order valence-corrected chi connectivity index (χ3v) is 3.01. The summed E-state index contributed by atoms with van der Waals surface area (Å²) in [7, 11) is 0. The van der Waals surface area contributed by atoms with Crippen LogP contribution in [0, 0.1) is 0 Å². The zero-order valence-electron chi connectivity index (χ0n) is 10.1. The third kappa shape index (κ3) is 4.03. The molecule has 0 unspecified atom stereocenters. The predicted octanol–water partition coefficient (Wildman–Crippen LogP) is 2.63. The molecule has 2 aromatic heterocycles. The number of halogens is 3. The van der Waals surface area contributed by atoms with Crippen LogP contribution in [-0.2, 0) is 0 Å². The molecule has 0 saturated heterocycles. The summed E-state index contributed by atoms with van der Waals surface area (Å²) < 4.78 is 3.24. The lowest BCUT2D eigenvalue weighted by Gasteiger charge is -2.22. The van der Waals surface area contributed by atoms with Gasteiger partial charge in [-0.3, -0.25) is 4.79 Å². The average molecular weight is 336 g/mol. The number of anilines is 1. The normalized spacial score (nSPS) is 12.8. The van der Waals surface area contributed by atoms with Crippen molar-refractivity contribution in [3.05, 3.63) is 48.6 Å². The van der Waals surface area contributed by atoms with E-state index in [1.165, 1.54) is 12.3 Å². The quantitative estimate of drug-likeness (QED) is 0.666. The Kier molecular flexibility index (Phi) is 4.75. The maximum absolute atomic E-state index is 11.9. The molecule has 20 heavy (non-hydrogen) atoms. The van der Waals surface area contributed by atoms with Gasteiger partial charge in [-0.15, -0.1) is 0 Å². The van der Waals surface area contributed by atoms with Crippen molar-refractivity contribution >= 4 is 46.5 Å². The van der Waals surface area contributed by atoms with Crippen LogP contribution in [0.15, 0.2) is 47.2 Å². The van der Waals surface area contributed by atoms with E-state index >= 15 is 0 Å². The molecule has 2 aromatic rings. The molecule has 0 aliphatic rings. The SMILES string of the molecule is O=C(N[C@@H](Nc1cccc[nH+]1)C(Cl)(Cl)Cl)c1ccco1. The Morgan fingerprint density at radius 2 is 2.05 bits per heavy atom. The molecule has 0 bridgehead atoms. The minimum absolute atomic E-state index is 0.128. The number of rotatable bonds is 4. The van der Waals surface area contributed by atoms with Crippen LogP contribution < -0.4 is 15.6 Å². The van der Waals surface area contributed by atoms with Gasteiger partial charge in [0, 0.05) is 6.07 Å². The Hall–Kier alpha value is -1.43. The summed E-state index contributed by atoms with van der Waals surface area (Å²) in [6.45, 7) is 0. The van der Waals surface area contributed by atoms with Gasteiger partial charge in [-0.1, -0.05) is 40.9 Å². The van der Waals surface area contributed by atoms with Gasteiger partial charge in [0.15, 0.2) is 5.76 Å². The number of hydrogen-bond acceptors (Lipinski definition) is 3. The van der Waals surface area contributed by atoms with Crippen LogP contribution in [0.2, 0.25) is 0 Å². The number of amides is 1. The summed E-state index contributed by atoms with van der Waals surface area (Å²) >= 11 is 17.6. The summed E-state index contributed by atoms with van der Waals surface area (Å²) in [6.07, 6.45) is 2.15. The second kappa shape index (κ2) is 6.35. The van der Waals surface area contributed by atoms with Crippen molar-refractivity contribution in [2.45, 2.75) is 9.96 Å². The first-order valence-electron chi connectivity index (χ1n) is 5.61. The molecule has 0 aromatic carbocycles. The van der Waals surface area contributed by atoms with Crippen molar-refractivity contribution in [2.75, 3.05) is 5.32 Å². The van der Waals surface area contributed by atoms with E-state index in [2.05, 4.69) is 15.6 Å². The lowest BCUT2D eigenvalue weighted by molar-refractivity contribution is -0.361. The van der Waals surface area contributed by atoms with Crippen LogP contribution >= 0.6 is 34.8 Å². The van der Waals surface area contributed by atoms with Gasteiger partial charge >= 0.3 is 0 Å². The minimum Gasteiger partial charge on any atom is -0.459 e. The molecule has 0 fully saturated rings. The highest BCUT2D eigenvalue weighted by Crippen LogP contribution is 2.30. The summed E-state index contributed by atoms with van der Waals surface area (Å²) in [4.78, 5) is 14.8. The van der Waals surface area contributed by atoms with Crippen molar-refractivity contribution in [3.63, 3.8) is 0 Å². The fourth-order valence-corrected chi connectivity index (χ4v) is 1.78. The monoisotopic (exact) mass is 334 g/mol. The second-order valence-corrected chi connectivity index (χ2v) is 6.21. The number of nitrogens with one attached hydrogen (secondary N) is 3. The van der Waals surface area contributed by atoms with E-state index in [1.807, 2.05) is 0 Å². The standard InChI is InChI=1S/C12H10Cl3N3O2/c13-12(14,15)11(17-9-5-1-2-6-16-9)18-10(19)8-4-3-7-20-8/h1-7,11H,(H,16,17)(H,18,19)/p+1/t11-/m1/s1. The van der Waals surface area contributed by atoms with Gasteiger partial charge < -0.3 is 9.73 Å². The number of carbonyl (C=O) groups excluding carboxylic acids is 1. The molecular weight excluding hydrogens is 325 g/mol. The zero-order chi connectivity index (χ0) is 14.6. The van der Waals surface area contributed by atoms with Gasteiger partial charge in [-0.25, -0.2) is 10.3 Å². The van der Waals surface area contributed by atoms with E-state index < -0.39 is 15.9 Å². The van der Waals surface area contributed by atoms with Crippen molar-refractivity contribution in [2.24, 2.45) is 0 Å². The van der Waals surface area contributed by atoms with Crippen molar-refractivity contribution in [1.29, 1.82) is 0 Å². The summed E-state index contributed by atoms with van der Waals surface area (Å²) in [5.74, 6) is 0.224. The fraction of sp³-hybridized carbons (Fsp3) is 0.167. The van der Waals surface area contributed by atoms with Crippen molar-refractivity contribution < 1.29 is 14.2 Å². The number of aromatic nitrogens is 1. The molecule has 0 saturated carbocycles. The van der Waals surface area contributed by atoms with E-state index in [0.717, 1.165) is 0 Å². The predicted molar refractivity (Wildman–Crippen MR) is 76.9 cm³/mol. The number of pyridine rings is 1. The zero-order valence-corrected chi connectivity index (χ0v) is 12.3. The number of H-pyrrole nitrogens is 1. The molecular formula is C12H11Cl3N3O2+. The molecule has 2 rings (SSSR count). The lowest BCUT2D eigenvalue weighted by atomic mass is 10.4. The van der Waals surface area contributed by atoms with Gasteiger partial charge in [0.1, 0.15) is 0 Å². The van der Waals surface area contributed by atoms with Gasteiger partial charge in [0.05, 0.1) is 12.5 Å². The van der Waals surface area contributed by atoms with Crippen LogP contribution in [0.25, 0.3) is 0 Å². The van der Waals surface area contributed by atoms with E-state index in [1.54, 1.807) is 30.5 Å². The first-order chi connectivity index (χ1) is 9.47. The molecule has 0 radical (unpaired) electrons. The smallest absolute Gasteiger partial charge is 0.290 e. The summed E-state index contributed by atoms with van der Waals surface area (Å²) in [5, 5.41) is 5.44. The third-order valence-electron chi connectivity index (χ3n) is 2.36. The molecule has 2 heterocycles. The van der Waals surface area contributed by atoms with Crippen LogP contribution in [0.4, 0.5) is 5.82 Å². The number of carbonyl (C=O) groups is 1. The van der Waals surface area contributed by atoms with Gasteiger partial charge in [-0.2, -0.15) is 0 Å². The van der Waals surface area contributed by atoms with E-state index in [9.17, 15) is 4.79 Å². The van der Waals surface area contributed by atoms with E-state index in [-0.39, 0.29) is 5.76 Å². The van der Waals surface area contributed by atoms with Gasteiger partial charge in [0.2, 0.25) is 9.96 Å². The molecule has 0 aliphatic carbocycles. The Balaban J connectivity index is 2.11. The topological polar surface area (TPSA) is 68.4 Å². The van der Waals surface area contributed by atoms with Gasteiger partial charge in [0.25, 0.3) is 11.7 Å². The largest absolute Gasteiger partial charge is 0.459 e. The van der Waals surface area contributed by atoms with E-state index in [0.29, 0.717) is 5.82 Å². The Bertz CT molecular complexity index is 555. The van der Waals surface area contributed by atoms with E-state index in [4.69, 9.17) is 39.2 Å². The first-order valence-corrected chi connectivity index (χ1v) is 6.74. The first kappa shape index (κ1) is 15.0. The molecule has 106 valence electrons. The number of hydrogen-bond donors (Lipinski definition) is 2. The maximum atomic E-state index is 11.9.